The van der Waals surface area contributed by atoms with Crippen LogP contribution in [0.4, 0.5) is 24.7 Å². The Bertz CT molecular complexity index is 1240. The van der Waals surface area contributed by atoms with Crippen molar-refractivity contribution in [1.29, 1.82) is 0 Å². The fourth-order valence-electron chi connectivity index (χ4n) is 5.16. The number of ether oxygens (including phenoxy) is 1. The number of morpholine rings is 1. The standard InChI is InChI=1S/C27H30F3N5O2/c1-34(26(36)27(28,29)30)20-10-6-19(7-11-20)32-25-22-3-2-12-31-24(22)17-23(33-25)18-4-8-21(9-5-18)35-13-15-37-16-14-35/h2-5,8-9,12,17,19-20H,6-7,10-11,13-16H2,1H3,(H,32,33). The molecule has 1 aliphatic carbocycles. The number of anilines is 2. The van der Waals surface area contributed by atoms with Crippen LogP contribution >= 0.6 is 0 Å². The van der Waals surface area contributed by atoms with Gasteiger partial charge in [-0.1, -0.05) is 12.1 Å². The van der Waals surface area contributed by atoms with E-state index >= 15 is 0 Å². The summed E-state index contributed by atoms with van der Waals surface area (Å²) in [5, 5.41) is 4.41. The second kappa shape index (κ2) is 10.5. The van der Waals surface area contributed by atoms with Gasteiger partial charge in [-0.2, -0.15) is 13.2 Å². The fourth-order valence-corrected chi connectivity index (χ4v) is 5.16. The van der Waals surface area contributed by atoms with Crippen molar-refractivity contribution in [3.05, 3.63) is 48.7 Å². The lowest BCUT2D eigenvalue weighted by molar-refractivity contribution is -0.186. The van der Waals surface area contributed by atoms with Gasteiger partial charge in [0.15, 0.2) is 0 Å². The number of nitrogens with zero attached hydrogens (tertiary/aromatic N) is 4. The van der Waals surface area contributed by atoms with Crippen molar-refractivity contribution in [2.75, 3.05) is 43.6 Å². The molecule has 1 N–H and O–H groups in total. The zero-order chi connectivity index (χ0) is 26.0. The molecule has 0 atom stereocenters. The summed E-state index contributed by atoms with van der Waals surface area (Å²) in [4.78, 5) is 24.2. The molecule has 196 valence electrons. The third-order valence-corrected chi connectivity index (χ3v) is 7.29. The first-order chi connectivity index (χ1) is 17.8. The third kappa shape index (κ3) is 5.64. The first-order valence-electron chi connectivity index (χ1n) is 12.6. The molecule has 1 saturated carbocycles. The van der Waals surface area contributed by atoms with Crippen LogP contribution in [0.25, 0.3) is 22.2 Å². The van der Waals surface area contributed by atoms with E-state index in [1.54, 1.807) is 6.20 Å². The van der Waals surface area contributed by atoms with Gasteiger partial charge in [0.05, 0.1) is 24.4 Å². The van der Waals surface area contributed by atoms with E-state index in [1.807, 2.05) is 18.2 Å². The van der Waals surface area contributed by atoms with Crippen molar-refractivity contribution in [3.8, 4) is 11.3 Å². The van der Waals surface area contributed by atoms with Gasteiger partial charge in [0.1, 0.15) is 5.82 Å². The quantitative estimate of drug-likeness (QED) is 0.525. The van der Waals surface area contributed by atoms with Gasteiger partial charge in [-0.05, 0) is 56.0 Å². The highest BCUT2D eigenvalue weighted by atomic mass is 19.4. The number of rotatable bonds is 5. The highest BCUT2D eigenvalue weighted by Crippen LogP contribution is 2.32. The first-order valence-corrected chi connectivity index (χ1v) is 12.6. The van der Waals surface area contributed by atoms with E-state index in [1.165, 1.54) is 7.05 Å². The number of hydrogen-bond acceptors (Lipinski definition) is 6. The zero-order valence-electron chi connectivity index (χ0n) is 20.7. The predicted octanol–water partition coefficient (Wildman–Crippen LogP) is 4.88. The van der Waals surface area contributed by atoms with Gasteiger partial charge in [0, 0.05) is 55.1 Å². The molecule has 1 aromatic carbocycles. The van der Waals surface area contributed by atoms with Gasteiger partial charge in [-0.25, -0.2) is 4.98 Å². The van der Waals surface area contributed by atoms with E-state index in [4.69, 9.17) is 9.72 Å². The fraction of sp³-hybridized carbons (Fsp3) is 0.444. The van der Waals surface area contributed by atoms with Crippen LogP contribution in [-0.2, 0) is 9.53 Å². The van der Waals surface area contributed by atoms with Gasteiger partial charge in [0.2, 0.25) is 0 Å². The molecule has 0 unspecified atom stereocenters. The van der Waals surface area contributed by atoms with Crippen molar-refractivity contribution in [2.45, 2.75) is 43.9 Å². The van der Waals surface area contributed by atoms with Crippen LogP contribution in [0.15, 0.2) is 48.7 Å². The SMILES string of the molecule is CN(C(=O)C(F)(F)F)C1CCC(Nc2nc(-c3ccc(N4CCOCC4)cc3)cc3ncccc23)CC1. The molecule has 0 radical (unpaired) electrons. The number of aromatic nitrogens is 2. The van der Waals surface area contributed by atoms with Crippen LogP contribution in [-0.4, -0.2) is 72.4 Å². The Kier molecular flexibility index (Phi) is 7.19. The summed E-state index contributed by atoms with van der Waals surface area (Å²) in [6.45, 7) is 3.19. The minimum absolute atomic E-state index is 0.0421. The van der Waals surface area contributed by atoms with E-state index in [9.17, 15) is 18.0 Å². The highest BCUT2D eigenvalue weighted by Gasteiger charge is 2.43. The van der Waals surface area contributed by atoms with Crippen LogP contribution < -0.4 is 10.2 Å². The second-order valence-electron chi connectivity index (χ2n) is 9.64. The van der Waals surface area contributed by atoms with E-state index in [2.05, 4.69) is 39.5 Å². The van der Waals surface area contributed by atoms with Crippen LogP contribution in [0.1, 0.15) is 25.7 Å². The smallest absolute Gasteiger partial charge is 0.378 e. The molecule has 0 spiro atoms. The van der Waals surface area contributed by atoms with Gasteiger partial charge in [-0.3, -0.25) is 9.78 Å². The Labute approximate surface area is 213 Å². The average Bonchev–Trinajstić information content (AvgIpc) is 2.92. The van der Waals surface area contributed by atoms with Crippen LogP contribution in [0, 0.1) is 0 Å². The van der Waals surface area contributed by atoms with Gasteiger partial charge in [0.25, 0.3) is 0 Å². The van der Waals surface area contributed by atoms with Crippen LogP contribution in [0.5, 0.6) is 0 Å². The molecule has 0 bridgehead atoms. The molecule has 2 aliphatic rings. The number of nitrogens with one attached hydrogen (secondary N) is 1. The monoisotopic (exact) mass is 513 g/mol. The molecule has 2 aromatic heterocycles. The minimum atomic E-state index is -4.85. The molecule has 2 fully saturated rings. The van der Waals surface area contributed by atoms with Gasteiger partial charge in [-0.15, -0.1) is 0 Å². The topological polar surface area (TPSA) is 70.6 Å². The third-order valence-electron chi connectivity index (χ3n) is 7.29. The minimum Gasteiger partial charge on any atom is -0.378 e. The molecule has 3 aromatic rings. The molecule has 5 rings (SSSR count). The highest BCUT2D eigenvalue weighted by molar-refractivity contribution is 5.92. The van der Waals surface area contributed by atoms with E-state index in [0.717, 1.165) is 59.1 Å². The Morgan fingerprint density at radius 2 is 1.78 bits per heavy atom. The molecular weight excluding hydrogens is 483 g/mol. The lowest BCUT2D eigenvalue weighted by Crippen LogP contribution is -2.46. The maximum absolute atomic E-state index is 12.8. The summed E-state index contributed by atoms with van der Waals surface area (Å²) < 4.78 is 44.0. The Morgan fingerprint density at radius 1 is 1.08 bits per heavy atom. The van der Waals surface area contributed by atoms with Crippen LogP contribution in [0.3, 0.4) is 0 Å². The number of carbonyl (C=O) groups excluding carboxylic acids is 1. The number of halogens is 3. The molecular formula is C27H30F3N5O2. The first kappa shape index (κ1) is 25.3. The maximum atomic E-state index is 12.8. The maximum Gasteiger partial charge on any atom is 0.471 e. The number of fused-ring (bicyclic) bond motifs is 1. The number of amides is 1. The number of pyridine rings is 2. The van der Waals surface area contributed by atoms with E-state index in [0.29, 0.717) is 31.5 Å². The summed E-state index contributed by atoms with van der Waals surface area (Å²) in [7, 11) is 1.24. The summed E-state index contributed by atoms with van der Waals surface area (Å²) in [6.07, 6.45) is -0.829. The van der Waals surface area contributed by atoms with Crippen molar-refractivity contribution < 1.29 is 22.7 Å². The summed E-state index contributed by atoms with van der Waals surface area (Å²) in [5.41, 5.74) is 3.74. The predicted molar refractivity (Wildman–Crippen MR) is 136 cm³/mol. The van der Waals surface area contributed by atoms with E-state index in [-0.39, 0.29) is 6.04 Å². The summed E-state index contributed by atoms with van der Waals surface area (Å²) in [5.74, 6) is -1.07. The largest absolute Gasteiger partial charge is 0.471 e. The van der Waals surface area contributed by atoms with Crippen molar-refractivity contribution >= 4 is 28.3 Å². The zero-order valence-corrected chi connectivity index (χ0v) is 20.7. The molecule has 10 heteroatoms. The number of benzene rings is 1. The molecule has 3 heterocycles. The molecule has 1 aliphatic heterocycles. The van der Waals surface area contributed by atoms with E-state index < -0.39 is 18.1 Å². The summed E-state index contributed by atoms with van der Waals surface area (Å²) in [6, 6.07) is 13.7. The molecule has 37 heavy (non-hydrogen) atoms. The normalized spacial score (nSPS) is 20.6. The number of carbonyl (C=O) groups is 1. The number of alkyl halides is 3. The lowest BCUT2D eigenvalue weighted by Gasteiger charge is -2.35. The molecule has 7 nitrogen and oxygen atoms in total. The van der Waals surface area contributed by atoms with Crippen LogP contribution in [0.2, 0.25) is 0 Å². The van der Waals surface area contributed by atoms with Gasteiger partial charge >= 0.3 is 12.1 Å². The van der Waals surface area contributed by atoms with Gasteiger partial charge < -0.3 is 19.9 Å². The lowest BCUT2D eigenvalue weighted by atomic mass is 9.90. The molecule has 1 amide bonds. The Balaban J connectivity index is 1.32. The van der Waals surface area contributed by atoms with Crippen molar-refractivity contribution in [1.82, 2.24) is 14.9 Å². The summed E-state index contributed by atoms with van der Waals surface area (Å²) >= 11 is 0. The molecule has 1 saturated heterocycles. The Morgan fingerprint density at radius 3 is 2.46 bits per heavy atom. The Hall–Kier alpha value is -3.40. The average molecular weight is 514 g/mol. The van der Waals surface area contributed by atoms with Crippen molar-refractivity contribution in [3.63, 3.8) is 0 Å². The van der Waals surface area contributed by atoms with Crippen molar-refractivity contribution in [2.24, 2.45) is 0 Å². The number of hydrogen-bond donors (Lipinski definition) is 1. The second-order valence-corrected chi connectivity index (χ2v) is 9.64.